The first-order chi connectivity index (χ1) is 12.5. The summed E-state index contributed by atoms with van der Waals surface area (Å²) < 4.78 is 13.5. The third kappa shape index (κ3) is 4.26. The zero-order valence-corrected chi connectivity index (χ0v) is 14.7. The third-order valence-electron chi connectivity index (χ3n) is 4.64. The van der Waals surface area contributed by atoms with Crippen LogP contribution in [0, 0.1) is 5.82 Å². The molecule has 2 aromatic carbocycles. The molecule has 1 aliphatic carbocycles. The number of para-hydroxylation sites is 1. The second kappa shape index (κ2) is 8.10. The van der Waals surface area contributed by atoms with E-state index in [4.69, 9.17) is 0 Å². The quantitative estimate of drug-likeness (QED) is 0.883. The van der Waals surface area contributed by atoms with Gasteiger partial charge in [-0.15, -0.1) is 0 Å². The zero-order chi connectivity index (χ0) is 18.5. The van der Waals surface area contributed by atoms with Crippen molar-refractivity contribution < 1.29 is 14.0 Å². The average molecular weight is 355 g/mol. The Kier molecular flexibility index (Phi) is 5.63. The van der Waals surface area contributed by atoms with Crippen molar-refractivity contribution in [2.24, 2.45) is 0 Å². The topological polar surface area (TPSA) is 61.4 Å². The van der Waals surface area contributed by atoms with E-state index in [1.54, 1.807) is 6.07 Å². The lowest BCUT2D eigenvalue weighted by molar-refractivity contribution is -0.121. The number of nitrogens with zero attached hydrogens (tertiary/aromatic N) is 1. The van der Waals surface area contributed by atoms with Crippen molar-refractivity contribution in [3.63, 3.8) is 0 Å². The van der Waals surface area contributed by atoms with Gasteiger partial charge in [0.1, 0.15) is 5.82 Å². The monoisotopic (exact) mass is 355 g/mol. The summed E-state index contributed by atoms with van der Waals surface area (Å²) in [4.78, 5) is 26.0. The van der Waals surface area contributed by atoms with Gasteiger partial charge in [0.25, 0.3) is 0 Å². The maximum atomic E-state index is 13.5. The summed E-state index contributed by atoms with van der Waals surface area (Å²) in [6.07, 6.45) is 3.10. The fourth-order valence-corrected chi connectivity index (χ4v) is 3.41. The van der Waals surface area contributed by atoms with Crippen molar-refractivity contribution in [2.45, 2.75) is 25.3 Å². The number of anilines is 1. The van der Waals surface area contributed by atoms with E-state index in [1.165, 1.54) is 29.3 Å². The Morgan fingerprint density at radius 1 is 1.15 bits per heavy atom. The minimum Gasteiger partial charge on any atom is -0.305 e. The van der Waals surface area contributed by atoms with Crippen LogP contribution in [0.3, 0.4) is 0 Å². The van der Waals surface area contributed by atoms with Gasteiger partial charge in [0.05, 0.1) is 12.2 Å². The molecule has 1 atom stereocenters. The van der Waals surface area contributed by atoms with Crippen LogP contribution in [-0.2, 0) is 11.2 Å². The molecule has 1 aliphatic rings. The SMILES string of the molecule is CN(CC(=O)NC(=O)Nc1ccccc1F)C1CCCc2ccccc21. The molecule has 3 amide bonds. The van der Waals surface area contributed by atoms with Gasteiger partial charge in [0, 0.05) is 6.04 Å². The first-order valence-electron chi connectivity index (χ1n) is 8.68. The van der Waals surface area contributed by atoms with E-state index >= 15 is 0 Å². The number of hydrogen-bond donors (Lipinski definition) is 2. The molecule has 26 heavy (non-hydrogen) atoms. The van der Waals surface area contributed by atoms with E-state index in [2.05, 4.69) is 22.8 Å². The molecule has 136 valence electrons. The van der Waals surface area contributed by atoms with E-state index in [0.717, 1.165) is 19.3 Å². The lowest BCUT2D eigenvalue weighted by Crippen LogP contribution is -2.42. The largest absolute Gasteiger partial charge is 0.326 e. The van der Waals surface area contributed by atoms with Crippen LogP contribution in [0.25, 0.3) is 0 Å². The van der Waals surface area contributed by atoms with Crippen LogP contribution in [-0.4, -0.2) is 30.4 Å². The number of amides is 3. The zero-order valence-electron chi connectivity index (χ0n) is 14.7. The van der Waals surface area contributed by atoms with Crippen molar-refractivity contribution in [3.8, 4) is 0 Å². The molecule has 1 unspecified atom stereocenters. The highest BCUT2D eigenvalue weighted by molar-refractivity contribution is 6.01. The molecule has 5 nitrogen and oxygen atoms in total. The van der Waals surface area contributed by atoms with Crippen molar-refractivity contribution in [1.29, 1.82) is 0 Å². The number of benzene rings is 2. The summed E-state index contributed by atoms with van der Waals surface area (Å²) >= 11 is 0. The molecular formula is C20H22FN3O2. The highest BCUT2D eigenvalue weighted by atomic mass is 19.1. The predicted molar refractivity (Wildman–Crippen MR) is 98.3 cm³/mol. The number of hydrogen-bond acceptors (Lipinski definition) is 3. The predicted octanol–water partition coefficient (Wildman–Crippen LogP) is 3.48. The van der Waals surface area contributed by atoms with Gasteiger partial charge in [-0.05, 0) is 49.6 Å². The highest BCUT2D eigenvalue weighted by Crippen LogP contribution is 2.33. The van der Waals surface area contributed by atoms with Gasteiger partial charge in [0.15, 0.2) is 0 Å². The Morgan fingerprint density at radius 3 is 2.69 bits per heavy atom. The Bertz CT molecular complexity index is 809. The molecule has 2 N–H and O–H groups in total. The van der Waals surface area contributed by atoms with Crippen LogP contribution < -0.4 is 10.6 Å². The summed E-state index contributed by atoms with van der Waals surface area (Å²) in [7, 11) is 1.88. The van der Waals surface area contributed by atoms with Gasteiger partial charge < -0.3 is 5.32 Å². The number of likely N-dealkylation sites (N-methyl/N-ethyl adjacent to an activating group) is 1. The van der Waals surface area contributed by atoms with Gasteiger partial charge >= 0.3 is 6.03 Å². The molecule has 0 saturated heterocycles. The van der Waals surface area contributed by atoms with Crippen molar-refractivity contribution >= 4 is 17.6 Å². The Balaban J connectivity index is 1.57. The van der Waals surface area contributed by atoms with Crippen LogP contribution in [0.5, 0.6) is 0 Å². The second-order valence-electron chi connectivity index (χ2n) is 6.50. The fourth-order valence-electron chi connectivity index (χ4n) is 3.41. The maximum absolute atomic E-state index is 13.5. The summed E-state index contributed by atoms with van der Waals surface area (Å²) in [5.74, 6) is -0.976. The molecule has 0 heterocycles. The minimum absolute atomic E-state index is 0.0346. The first-order valence-corrected chi connectivity index (χ1v) is 8.68. The number of carbonyl (C=O) groups is 2. The molecule has 0 saturated carbocycles. The number of aryl methyl sites for hydroxylation is 1. The van der Waals surface area contributed by atoms with Gasteiger partial charge in [0.2, 0.25) is 5.91 Å². The number of rotatable bonds is 4. The number of nitrogens with one attached hydrogen (secondary N) is 2. The van der Waals surface area contributed by atoms with Gasteiger partial charge in [-0.3, -0.25) is 15.0 Å². The molecule has 0 radical (unpaired) electrons. The number of carbonyl (C=O) groups excluding carboxylic acids is 2. The molecular weight excluding hydrogens is 333 g/mol. The van der Waals surface area contributed by atoms with Crippen molar-refractivity contribution in [3.05, 3.63) is 65.5 Å². The lowest BCUT2D eigenvalue weighted by Gasteiger charge is -2.32. The van der Waals surface area contributed by atoms with Crippen LogP contribution in [0.1, 0.15) is 30.0 Å². The molecule has 2 aromatic rings. The summed E-state index contributed by atoms with van der Waals surface area (Å²) in [5.41, 5.74) is 2.59. The van der Waals surface area contributed by atoms with E-state index in [9.17, 15) is 14.0 Å². The fraction of sp³-hybridized carbons (Fsp3) is 0.300. The van der Waals surface area contributed by atoms with E-state index in [0.29, 0.717) is 0 Å². The van der Waals surface area contributed by atoms with Crippen molar-refractivity contribution in [2.75, 3.05) is 18.9 Å². The average Bonchev–Trinajstić information content (AvgIpc) is 2.63. The lowest BCUT2D eigenvalue weighted by atomic mass is 9.87. The minimum atomic E-state index is -0.738. The van der Waals surface area contributed by atoms with Crippen molar-refractivity contribution in [1.82, 2.24) is 10.2 Å². The van der Waals surface area contributed by atoms with Crippen LogP contribution >= 0.6 is 0 Å². The molecule has 0 aliphatic heterocycles. The number of urea groups is 1. The molecule has 6 heteroatoms. The normalized spacial score (nSPS) is 16.0. The Morgan fingerprint density at radius 2 is 1.88 bits per heavy atom. The molecule has 0 bridgehead atoms. The van der Waals surface area contributed by atoms with E-state index in [-0.39, 0.29) is 18.3 Å². The maximum Gasteiger partial charge on any atom is 0.326 e. The number of fused-ring (bicyclic) bond motifs is 1. The molecule has 3 rings (SSSR count). The number of imide groups is 1. The summed E-state index contributed by atoms with van der Waals surface area (Å²) in [5, 5.41) is 4.60. The Hall–Kier alpha value is -2.73. The van der Waals surface area contributed by atoms with Crippen LogP contribution in [0.4, 0.5) is 14.9 Å². The summed E-state index contributed by atoms with van der Waals surface area (Å²) in [6.45, 7) is 0.0870. The van der Waals surface area contributed by atoms with Crippen LogP contribution in [0.2, 0.25) is 0 Å². The Labute approximate surface area is 152 Å². The molecule has 0 aromatic heterocycles. The standard InChI is InChI=1S/C20H22FN3O2/c1-24(18-12-6-8-14-7-2-3-9-15(14)18)13-19(25)23-20(26)22-17-11-5-4-10-16(17)21/h2-5,7,9-11,18H,6,8,12-13H2,1H3,(H2,22,23,25,26). The van der Waals surface area contributed by atoms with E-state index < -0.39 is 17.8 Å². The van der Waals surface area contributed by atoms with Gasteiger partial charge in [-0.2, -0.15) is 0 Å². The third-order valence-corrected chi connectivity index (χ3v) is 4.64. The highest BCUT2D eigenvalue weighted by Gasteiger charge is 2.25. The summed E-state index contributed by atoms with van der Waals surface area (Å²) in [6, 6.07) is 13.5. The van der Waals surface area contributed by atoms with Gasteiger partial charge in [-0.1, -0.05) is 36.4 Å². The van der Waals surface area contributed by atoms with Gasteiger partial charge in [-0.25, -0.2) is 9.18 Å². The number of halogens is 1. The van der Waals surface area contributed by atoms with Crippen LogP contribution in [0.15, 0.2) is 48.5 Å². The first kappa shape index (κ1) is 18.1. The molecule has 0 fully saturated rings. The smallest absolute Gasteiger partial charge is 0.305 e. The van der Waals surface area contributed by atoms with E-state index in [1.807, 2.05) is 24.1 Å². The second-order valence-corrected chi connectivity index (χ2v) is 6.50. The molecule has 0 spiro atoms.